The number of anilines is 2. The van der Waals surface area contributed by atoms with Crippen LogP contribution in [0.25, 0.3) is 16.6 Å². The molecule has 32 heavy (non-hydrogen) atoms. The number of rotatable bonds is 5. The van der Waals surface area contributed by atoms with Crippen LogP contribution < -0.4 is 5.32 Å². The van der Waals surface area contributed by atoms with Crippen LogP contribution in [0.4, 0.5) is 11.6 Å². The fraction of sp³-hybridized carbons (Fsp3) is 0.136. The highest BCUT2D eigenvalue weighted by Gasteiger charge is 2.22. The minimum absolute atomic E-state index is 0.165. The van der Waals surface area contributed by atoms with E-state index in [4.69, 9.17) is 0 Å². The summed E-state index contributed by atoms with van der Waals surface area (Å²) in [7, 11) is -3.87. The van der Waals surface area contributed by atoms with Crippen LogP contribution in [0.1, 0.15) is 17.0 Å². The van der Waals surface area contributed by atoms with E-state index in [0.717, 1.165) is 15.0 Å². The number of nitrogens with one attached hydrogen (secondary N) is 1. The summed E-state index contributed by atoms with van der Waals surface area (Å²) >= 11 is 0. The van der Waals surface area contributed by atoms with E-state index in [1.165, 1.54) is 0 Å². The molecule has 2 aromatic carbocycles. The third-order valence-electron chi connectivity index (χ3n) is 5.24. The van der Waals surface area contributed by atoms with Crippen LogP contribution in [0, 0.1) is 13.8 Å². The van der Waals surface area contributed by atoms with Gasteiger partial charge in [0.15, 0.2) is 5.65 Å². The molecule has 0 fully saturated rings. The third-order valence-corrected chi connectivity index (χ3v) is 6.84. The Labute approximate surface area is 184 Å². The zero-order valence-corrected chi connectivity index (χ0v) is 18.2. The Hall–Kier alpha value is -3.76. The van der Waals surface area contributed by atoms with Gasteiger partial charge in [0.2, 0.25) is 5.95 Å². The molecule has 0 amide bonds. The molecule has 10 heteroatoms. The van der Waals surface area contributed by atoms with Crippen molar-refractivity contribution in [1.82, 2.24) is 23.8 Å². The number of aliphatic hydroxyl groups is 1. The van der Waals surface area contributed by atoms with Crippen molar-refractivity contribution < 1.29 is 13.5 Å². The largest absolute Gasteiger partial charge is 0.390 e. The van der Waals surface area contributed by atoms with Gasteiger partial charge >= 0.3 is 0 Å². The highest BCUT2D eigenvalue weighted by Crippen LogP contribution is 2.27. The van der Waals surface area contributed by atoms with Gasteiger partial charge in [-0.25, -0.2) is 4.52 Å². The topological polar surface area (TPSA) is 114 Å². The van der Waals surface area contributed by atoms with Crippen molar-refractivity contribution >= 4 is 38.2 Å². The lowest BCUT2D eigenvalue weighted by atomic mass is 10.2. The quantitative estimate of drug-likeness (QED) is 0.424. The first kappa shape index (κ1) is 20.2. The molecular formula is C22H20N6O3S. The molecular weight excluding hydrogens is 428 g/mol. The second-order valence-electron chi connectivity index (χ2n) is 7.48. The lowest BCUT2D eigenvalue weighted by Crippen LogP contribution is -2.14. The van der Waals surface area contributed by atoms with E-state index >= 15 is 0 Å². The summed E-state index contributed by atoms with van der Waals surface area (Å²) in [6.45, 7) is 3.51. The Morgan fingerprint density at radius 3 is 2.53 bits per heavy atom. The Balaban J connectivity index is 1.58. The zero-order chi connectivity index (χ0) is 22.5. The van der Waals surface area contributed by atoms with Gasteiger partial charge in [0, 0.05) is 11.1 Å². The Morgan fingerprint density at radius 2 is 1.78 bits per heavy atom. The molecule has 0 radical (unpaired) electrons. The predicted molar refractivity (Wildman–Crippen MR) is 120 cm³/mol. The molecule has 0 bridgehead atoms. The average molecular weight is 449 g/mol. The van der Waals surface area contributed by atoms with E-state index in [1.54, 1.807) is 60.0 Å². The molecule has 2 N–H and O–H groups in total. The maximum absolute atomic E-state index is 13.3. The lowest BCUT2D eigenvalue weighted by molar-refractivity contribution is 0.273. The molecule has 0 atom stereocenters. The molecule has 3 heterocycles. The zero-order valence-electron chi connectivity index (χ0n) is 17.4. The SMILES string of the molecule is Cc1ccc(S(=O)(=O)n2nc(C)c3ccc(Nc4nc5cccc(CO)n5n4)cc32)cc1. The highest BCUT2D eigenvalue weighted by molar-refractivity contribution is 7.90. The Kier molecular flexibility index (Phi) is 4.68. The van der Waals surface area contributed by atoms with Gasteiger partial charge in [-0.05, 0) is 56.3 Å². The van der Waals surface area contributed by atoms with Crippen molar-refractivity contribution in [1.29, 1.82) is 0 Å². The van der Waals surface area contributed by atoms with E-state index in [-0.39, 0.29) is 11.5 Å². The minimum Gasteiger partial charge on any atom is -0.390 e. The number of hydrogen-bond acceptors (Lipinski definition) is 7. The van der Waals surface area contributed by atoms with Gasteiger partial charge in [-0.3, -0.25) is 0 Å². The van der Waals surface area contributed by atoms with E-state index in [9.17, 15) is 13.5 Å². The van der Waals surface area contributed by atoms with E-state index in [0.29, 0.717) is 34.2 Å². The van der Waals surface area contributed by atoms with Gasteiger partial charge in [0.05, 0.1) is 28.4 Å². The van der Waals surface area contributed by atoms with Crippen molar-refractivity contribution in [3.05, 3.63) is 77.6 Å². The molecule has 0 saturated carbocycles. The van der Waals surface area contributed by atoms with E-state index in [2.05, 4.69) is 20.5 Å². The minimum atomic E-state index is -3.87. The number of aromatic nitrogens is 5. The summed E-state index contributed by atoms with van der Waals surface area (Å²) in [4.78, 5) is 4.59. The summed E-state index contributed by atoms with van der Waals surface area (Å²) in [5.41, 5.74) is 3.84. The first-order chi connectivity index (χ1) is 15.4. The van der Waals surface area contributed by atoms with Crippen molar-refractivity contribution in [3.8, 4) is 0 Å². The molecule has 0 aliphatic heterocycles. The van der Waals surface area contributed by atoms with Crippen molar-refractivity contribution in [2.75, 3.05) is 5.32 Å². The monoisotopic (exact) mass is 448 g/mol. The molecule has 0 aliphatic rings. The summed E-state index contributed by atoms with van der Waals surface area (Å²) in [6.07, 6.45) is 0. The van der Waals surface area contributed by atoms with Crippen molar-refractivity contribution in [3.63, 3.8) is 0 Å². The number of aliphatic hydroxyl groups excluding tert-OH is 1. The molecule has 0 spiro atoms. The van der Waals surface area contributed by atoms with Crippen LogP contribution in [0.2, 0.25) is 0 Å². The second kappa shape index (κ2) is 7.43. The second-order valence-corrected chi connectivity index (χ2v) is 9.25. The van der Waals surface area contributed by atoms with Crippen LogP contribution in [0.5, 0.6) is 0 Å². The molecule has 5 rings (SSSR count). The summed E-state index contributed by atoms with van der Waals surface area (Å²) in [5.74, 6) is 0.328. The lowest BCUT2D eigenvalue weighted by Gasteiger charge is -2.07. The number of aryl methyl sites for hydroxylation is 2. The first-order valence-electron chi connectivity index (χ1n) is 9.91. The van der Waals surface area contributed by atoms with Crippen LogP contribution in [-0.2, 0) is 16.6 Å². The fourth-order valence-corrected chi connectivity index (χ4v) is 4.89. The molecule has 0 unspecified atom stereocenters. The van der Waals surface area contributed by atoms with Crippen LogP contribution >= 0.6 is 0 Å². The standard InChI is InChI=1S/C22H20N6O3S/c1-14-6-9-18(10-7-14)32(30,31)28-20-12-16(8-11-19(20)15(2)25-28)23-22-24-21-5-3-4-17(13-29)27(21)26-22/h3-12,29H,13H2,1-2H3,(H,23,26). The van der Waals surface area contributed by atoms with Crippen molar-refractivity contribution in [2.24, 2.45) is 0 Å². The summed E-state index contributed by atoms with van der Waals surface area (Å²) in [5, 5.41) is 22.0. The molecule has 5 aromatic rings. The molecule has 3 aromatic heterocycles. The maximum atomic E-state index is 13.3. The molecule has 9 nitrogen and oxygen atoms in total. The van der Waals surface area contributed by atoms with Crippen LogP contribution in [0.15, 0.2) is 65.6 Å². The normalized spacial score (nSPS) is 12.0. The molecule has 162 valence electrons. The molecule has 0 saturated heterocycles. The smallest absolute Gasteiger partial charge is 0.283 e. The average Bonchev–Trinajstić information content (AvgIpc) is 3.34. The van der Waals surface area contributed by atoms with Gasteiger partial charge < -0.3 is 10.4 Å². The van der Waals surface area contributed by atoms with Crippen LogP contribution in [-0.4, -0.2) is 37.3 Å². The van der Waals surface area contributed by atoms with Gasteiger partial charge in [0.1, 0.15) is 0 Å². The Morgan fingerprint density at radius 1 is 1.00 bits per heavy atom. The summed E-state index contributed by atoms with van der Waals surface area (Å²) < 4.78 is 29.1. The first-order valence-corrected chi connectivity index (χ1v) is 11.3. The molecule has 0 aliphatic carbocycles. The maximum Gasteiger partial charge on any atom is 0.283 e. The van der Waals surface area contributed by atoms with Gasteiger partial charge in [-0.2, -0.15) is 22.6 Å². The number of benzene rings is 2. The number of pyridine rings is 1. The number of hydrogen-bond donors (Lipinski definition) is 2. The van der Waals surface area contributed by atoms with Gasteiger partial charge in [-0.15, -0.1) is 5.10 Å². The number of nitrogens with zero attached hydrogens (tertiary/aromatic N) is 5. The van der Waals surface area contributed by atoms with Gasteiger partial charge in [0.25, 0.3) is 10.0 Å². The highest BCUT2D eigenvalue weighted by atomic mass is 32.2. The van der Waals surface area contributed by atoms with E-state index < -0.39 is 10.0 Å². The number of fused-ring (bicyclic) bond motifs is 2. The fourth-order valence-electron chi connectivity index (χ4n) is 3.57. The predicted octanol–water partition coefficient (Wildman–Crippen LogP) is 3.17. The Bertz CT molecular complexity index is 1570. The van der Waals surface area contributed by atoms with Crippen LogP contribution in [0.3, 0.4) is 0 Å². The van der Waals surface area contributed by atoms with E-state index in [1.807, 2.05) is 19.1 Å². The summed E-state index contributed by atoms with van der Waals surface area (Å²) in [6, 6.07) is 17.4. The van der Waals surface area contributed by atoms with Gasteiger partial charge in [-0.1, -0.05) is 23.8 Å². The van der Waals surface area contributed by atoms with Crippen molar-refractivity contribution in [2.45, 2.75) is 25.3 Å². The third kappa shape index (κ3) is 3.29.